The Kier molecular flexibility index (Phi) is 3.92. The number of aromatic nitrogens is 1. The quantitative estimate of drug-likeness (QED) is 0.795. The largest absolute Gasteiger partial charge is 0.294 e. The van der Waals surface area contributed by atoms with Crippen molar-refractivity contribution in [1.82, 2.24) is 4.98 Å². The molecule has 2 aromatic rings. The van der Waals surface area contributed by atoms with Crippen molar-refractivity contribution in [2.75, 3.05) is 11.4 Å². The summed E-state index contributed by atoms with van der Waals surface area (Å²) in [7, 11) is 0. The second-order valence-corrected chi connectivity index (χ2v) is 6.28. The van der Waals surface area contributed by atoms with E-state index in [2.05, 4.69) is 9.98 Å². The molecule has 0 saturated carbocycles. The van der Waals surface area contributed by atoms with E-state index in [1.54, 1.807) is 29.3 Å². The second-order valence-electron chi connectivity index (χ2n) is 6.28. The van der Waals surface area contributed by atoms with Gasteiger partial charge >= 0.3 is 0 Å². The number of hydrogen-bond acceptors (Lipinski definition) is 4. The van der Waals surface area contributed by atoms with Gasteiger partial charge < -0.3 is 0 Å². The van der Waals surface area contributed by atoms with Gasteiger partial charge in [0.2, 0.25) is 5.79 Å². The Bertz CT molecular complexity index is 862. The minimum Gasteiger partial charge on any atom is -0.294 e. The van der Waals surface area contributed by atoms with Crippen molar-refractivity contribution in [3.05, 3.63) is 65.9 Å². The number of hydrogen-bond donors (Lipinski definition) is 0. The summed E-state index contributed by atoms with van der Waals surface area (Å²) in [6, 6.07) is 12.8. The summed E-state index contributed by atoms with van der Waals surface area (Å²) in [5.41, 5.74) is 2.11. The molecule has 0 bridgehead atoms. The number of Topliss-reactive ketones (excluding diaryl/α,β-unsaturated/α-hetero) is 1. The summed E-state index contributed by atoms with van der Waals surface area (Å²) in [5, 5.41) is 0. The van der Waals surface area contributed by atoms with Crippen LogP contribution >= 0.6 is 0 Å². The Hall–Kier alpha value is -2.82. The average molecular weight is 335 g/mol. The molecule has 5 heteroatoms. The van der Waals surface area contributed by atoms with Crippen LogP contribution in [0.15, 0.2) is 59.6 Å². The number of anilines is 2. The Morgan fingerprint density at radius 1 is 1.08 bits per heavy atom. The number of ketones is 1. The number of pyridine rings is 1. The molecule has 0 saturated heterocycles. The van der Waals surface area contributed by atoms with Crippen LogP contribution < -0.4 is 4.90 Å². The molecule has 4 rings (SSSR count). The summed E-state index contributed by atoms with van der Waals surface area (Å²) in [5.74, 6) is -1.19. The van der Waals surface area contributed by atoms with Gasteiger partial charge in [-0.3, -0.25) is 14.7 Å². The molecule has 126 valence electrons. The molecule has 0 radical (unpaired) electrons. The molecule has 0 N–H and O–H groups in total. The first kappa shape index (κ1) is 15.7. The highest BCUT2D eigenvalue weighted by Gasteiger charge is 2.37. The molecular formula is C20H18FN3O. The van der Waals surface area contributed by atoms with Gasteiger partial charge in [0.15, 0.2) is 5.78 Å². The molecule has 4 nitrogen and oxygen atoms in total. The number of halogens is 1. The third-order valence-electron chi connectivity index (χ3n) is 4.55. The van der Waals surface area contributed by atoms with Crippen LogP contribution in [0, 0.1) is 0 Å². The molecule has 1 aromatic carbocycles. The van der Waals surface area contributed by atoms with Gasteiger partial charge in [-0.05, 0) is 49.3 Å². The lowest BCUT2D eigenvalue weighted by Gasteiger charge is -2.36. The highest BCUT2D eigenvalue weighted by atomic mass is 19.1. The van der Waals surface area contributed by atoms with Gasteiger partial charge in [0.1, 0.15) is 5.82 Å². The van der Waals surface area contributed by atoms with Crippen LogP contribution in [0.5, 0.6) is 0 Å². The van der Waals surface area contributed by atoms with E-state index in [-0.39, 0.29) is 12.3 Å². The average Bonchev–Trinajstić information content (AvgIpc) is 2.63. The number of aryl methyl sites for hydroxylation is 1. The lowest BCUT2D eigenvalue weighted by Crippen LogP contribution is -2.44. The number of rotatable bonds is 3. The van der Waals surface area contributed by atoms with Crippen molar-refractivity contribution in [3.8, 4) is 0 Å². The van der Waals surface area contributed by atoms with Crippen molar-refractivity contribution in [1.29, 1.82) is 0 Å². The fraction of sp³-hybridized carbons (Fsp3) is 0.250. The highest BCUT2D eigenvalue weighted by molar-refractivity contribution is 5.98. The van der Waals surface area contributed by atoms with Crippen LogP contribution in [0.2, 0.25) is 0 Å². The van der Waals surface area contributed by atoms with Gasteiger partial charge in [-0.25, -0.2) is 9.37 Å². The number of allylic oxidation sites excluding steroid dienone is 1. The number of benzene rings is 1. The van der Waals surface area contributed by atoms with Crippen LogP contribution in [0.4, 0.5) is 15.9 Å². The normalized spacial score (nSPS) is 21.9. The van der Waals surface area contributed by atoms with Crippen molar-refractivity contribution in [2.45, 2.75) is 25.1 Å². The molecule has 1 aliphatic heterocycles. The lowest BCUT2D eigenvalue weighted by molar-refractivity contribution is 0.0971. The first-order chi connectivity index (χ1) is 12.2. The van der Waals surface area contributed by atoms with E-state index in [1.165, 1.54) is 6.08 Å². The molecule has 2 aliphatic rings. The molecule has 0 amide bonds. The SMILES string of the molecule is O=C1CCCc2nc(N(c3ccccc3)C3(F)C=CC=NC3)ccc21. The minimum absolute atomic E-state index is 0.00388. The Labute approximate surface area is 145 Å². The van der Waals surface area contributed by atoms with Crippen LogP contribution in [0.1, 0.15) is 28.9 Å². The zero-order chi connectivity index (χ0) is 17.3. The first-order valence-electron chi connectivity index (χ1n) is 8.42. The van der Waals surface area contributed by atoms with Gasteiger partial charge in [-0.15, -0.1) is 0 Å². The van der Waals surface area contributed by atoms with Crippen molar-refractivity contribution in [2.24, 2.45) is 4.99 Å². The summed E-state index contributed by atoms with van der Waals surface area (Å²) in [6.45, 7) is -0.00388. The molecule has 1 aliphatic carbocycles. The standard InChI is InChI=1S/C20H18FN3O/c21-20(12-5-13-22-14-20)24(15-6-2-1-3-7-15)19-11-10-16-17(23-19)8-4-9-18(16)25/h1-3,5-7,10-13H,4,8-9,14H2. The summed E-state index contributed by atoms with van der Waals surface area (Å²) in [4.78, 5) is 22.3. The zero-order valence-electron chi connectivity index (χ0n) is 13.7. The maximum absolute atomic E-state index is 15.7. The third-order valence-corrected chi connectivity index (χ3v) is 4.55. The fourth-order valence-corrected chi connectivity index (χ4v) is 3.35. The Balaban J connectivity index is 1.83. The summed E-state index contributed by atoms with van der Waals surface area (Å²) >= 11 is 0. The van der Waals surface area contributed by atoms with Gasteiger partial charge in [0, 0.05) is 23.9 Å². The highest BCUT2D eigenvalue weighted by Crippen LogP contribution is 2.36. The number of alkyl halides is 1. The van der Waals surface area contributed by atoms with Crippen LogP contribution in [0.3, 0.4) is 0 Å². The zero-order valence-corrected chi connectivity index (χ0v) is 13.7. The lowest BCUT2D eigenvalue weighted by atomic mass is 9.95. The maximum atomic E-state index is 15.7. The van der Waals surface area contributed by atoms with Crippen LogP contribution in [0.25, 0.3) is 0 Å². The monoisotopic (exact) mass is 335 g/mol. The van der Waals surface area contributed by atoms with Crippen LogP contribution in [-0.4, -0.2) is 29.3 Å². The number of carbonyl (C=O) groups excluding carboxylic acids is 1. The van der Waals surface area contributed by atoms with Crippen molar-refractivity contribution < 1.29 is 9.18 Å². The topological polar surface area (TPSA) is 45.6 Å². The number of carbonyl (C=O) groups is 1. The van der Waals surface area contributed by atoms with E-state index in [0.29, 0.717) is 23.5 Å². The minimum atomic E-state index is -1.80. The van der Waals surface area contributed by atoms with Crippen molar-refractivity contribution in [3.63, 3.8) is 0 Å². The molecule has 0 fully saturated rings. The summed E-state index contributed by atoms with van der Waals surface area (Å²) < 4.78 is 15.7. The van der Waals surface area contributed by atoms with Gasteiger partial charge in [-0.2, -0.15) is 0 Å². The maximum Gasteiger partial charge on any atom is 0.226 e. The van der Waals surface area contributed by atoms with E-state index >= 15 is 4.39 Å². The van der Waals surface area contributed by atoms with E-state index in [0.717, 1.165) is 18.5 Å². The second kappa shape index (κ2) is 6.24. The Morgan fingerprint density at radius 2 is 1.92 bits per heavy atom. The number of para-hydroxylation sites is 1. The smallest absolute Gasteiger partial charge is 0.226 e. The third kappa shape index (κ3) is 2.86. The number of aliphatic imine (C=N–C) groups is 1. The van der Waals surface area contributed by atoms with E-state index < -0.39 is 5.79 Å². The molecule has 1 unspecified atom stereocenters. The molecule has 2 heterocycles. The van der Waals surface area contributed by atoms with Gasteiger partial charge in [-0.1, -0.05) is 18.2 Å². The Morgan fingerprint density at radius 3 is 2.68 bits per heavy atom. The first-order valence-corrected chi connectivity index (χ1v) is 8.42. The van der Waals surface area contributed by atoms with E-state index in [4.69, 9.17) is 0 Å². The van der Waals surface area contributed by atoms with E-state index in [1.807, 2.05) is 30.3 Å². The van der Waals surface area contributed by atoms with Crippen molar-refractivity contribution >= 4 is 23.5 Å². The predicted molar refractivity (Wildman–Crippen MR) is 96.4 cm³/mol. The predicted octanol–water partition coefficient (Wildman–Crippen LogP) is 4.05. The van der Waals surface area contributed by atoms with Crippen LogP contribution in [-0.2, 0) is 6.42 Å². The molecule has 0 spiro atoms. The number of fused-ring (bicyclic) bond motifs is 1. The van der Waals surface area contributed by atoms with Gasteiger partial charge in [0.05, 0.1) is 12.2 Å². The number of nitrogens with zero attached hydrogens (tertiary/aromatic N) is 3. The molecular weight excluding hydrogens is 317 g/mol. The fourth-order valence-electron chi connectivity index (χ4n) is 3.35. The van der Waals surface area contributed by atoms with Gasteiger partial charge in [0.25, 0.3) is 0 Å². The molecule has 25 heavy (non-hydrogen) atoms. The van der Waals surface area contributed by atoms with E-state index in [9.17, 15) is 4.79 Å². The molecule has 1 atom stereocenters. The molecule has 1 aromatic heterocycles. The summed E-state index contributed by atoms with van der Waals surface area (Å²) in [6.07, 6.45) is 6.80. The number of dihydropyridines is 1.